The molecule has 0 heterocycles. The summed E-state index contributed by atoms with van der Waals surface area (Å²) >= 11 is 0. The Morgan fingerprint density at radius 1 is 1.11 bits per heavy atom. The van der Waals surface area contributed by atoms with Gasteiger partial charge >= 0.3 is 0 Å². The minimum atomic E-state index is 0.272. The maximum atomic E-state index is 6.01. The molecule has 0 saturated heterocycles. The Kier molecular flexibility index (Phi) is 5.03. The second kappa shape index (κ2) is 5.92. The lowest BCUT2D eigenvalue weighted by Gasteiger charge is -2.48. The molecular weight excluding hydrogens is 220 g/mol. The zero-order valence-electron chi connectivity index (χ0n) is 12.7. The summed E-state index contributed by atoms with van der Waals surface area (Å²) in [4.78, 5) is 2.36. The number of allylic oxidation sites excluding steroid dienone is 2. The molecule has 1 fully saturated rings. The summed E-state index contributed by atoms with van der Waals surface area (Å²) in [6.45, 7) is 12.0. The van der Waals surface area contributed by atoms with Crippen molar-refractivity contribution in [3.63, 3.8) is 0 Å². The lowest BCUT2D eigenvalue weighted by Crippen LogP contribution is -2.46. The van der Waals surface area contributed by atoms with Crippen LogP contribution in [0, 0.1) is 10.8 Å². The van der Waals surface area contributed by atoms with Crippen LogP contribution in [0.3, 0.4) is 0 Å². The van der Waals surface area contributed by atoms with Gasteiger partial charge < -0.3 is 10.6 Å². The molecule has 0 bridgehead atoms. The Morgan fingerprint density at radius 3 is 2.11 bits per heavy atom. The van der Waals surface area contributed by atoms with Crippen molar-refractivity contribution in [3.05, 3.63) is 24.6 Å². The highest BCUT2D eigenvalue weighted by atomic mass is 15.1. The van der Waals surface area contributed by atoms with Gasteiger partial charge in [-0.3, -0.25) is 0 Å². The van der Waals surface area contributed by atoms with Crippen LogP contribution in [0.2, 0.25) is 0 Å². The first-order chi connectivity index (χ1) is 8.36. The van der Waals surface area contributed by atoms with Crippen molar-refractivity contribution >= 4 is 0 Å². The Hall–Kier alpha value is -0.760. The van der Waals surface area contributed by atoms with Gasteiger partial charge in [0.1, 0.15) is 0 Å². The van der Waals surface area contributed by atoms with Crippen molar-refractivity contribution < 1.29 is 0 Å². The van der Waals surface area contributed by atoms with E-state index in [2.05, 4.69) is 64.1 Å². The van der Waals surface area contributed by atoms with E-state index in [-0.39, 0.29) is 5.41 Å². The zero-order chi connectivity index (χ0) is 13.8. The van der Waals surface area contributed by atoms with Crippen molar-refractivity contribution in [2.75, 3.05) is 6.54 Å². The van der Waals surface area contributed by atoms with Crippen LogP contribution < -0.4 is 5.73 Å². The molecule has 0 spiro atoms. The molecule has 0 aromatic heterocycles. The standard InChI is InChI=1S/C16H30N2/c1-6-8-18(9-7-2)14-10-15(3,4)12-16(5,11-14)13-17/h6-9,14H,10-13,17H2,1-5H3. The molecule has 0 aromatic rings. The summed E-state index contributed by atoms with van der Waals surface area (Å²) in [6, 6.07) is 0.565. The van der Waals surface area contributed by atoms with Gasteiger partial charge in [-0.1, -0.05) is 32.9 Å². The van der Waals surface area contributed by atoms with Crippen LogP contribution in [0.1, 0.15) is 53.9 Å². The van der Waals surface area contributed by atoms with Crippen molar-refractivity contribution in [3.8, 4) is 0 Å². The van der Waals surface area contributed by atoms with Gasteiger partial charge in [-0.05, 0) is 62.9 Å². The van der Waals surface area contributed by atoms with Gasteiger partial charge in [-0.25, -0.2) is 0 Å². The summed E-state index contributed by atoms with van der Waals surface area (Å²) in [7, 11) is 0. The molecule has 2 unspecified atom stereocenters. The molecular formula is C16H30N2. The fraction of sp³-hybridized carbons (Fsp3) is 0.750. The minimum absolute atomic E-state index is 0.272. The average molecular weight is 250 g/mol. The fourth-order valence-corrected chi connectivity index (χ4v) is 3.58. The Bertz CT molecular complexity index is 305. The van der Waals surface area contributed by atoms with E-state index in [0.717, 1.165) is 6.54 Å². The van der Waals surface area contributed by atoms with Crippen LogP contribution in [0.15, 0.2) is 24.6 Å². The number of rotatable bonds is 4. The van der Waals surface area contributed by atoms with Crippen LogP contribution in [0.4, 0.5) is 0 Å². The third-order valence-corrected chi connectivity index (χ3v) is 3.98. The highest BCUT2D eigenvalue weighted by Crippen LogP contribution is 2.47. The average Bonchev–Trinajstić information content (AvgIpc) is 2.26. The third-order valence-electron chi connectivity index (χ3n) is 3.98. The molecule has 1 rings (SSSR count). The first kappa shape index (κ1) is 15.3. The molecule has 0 amide bonds. The largest absolute Gasteiger partial charge is 0.352 e. The summed E-state index contributed by atoms with van der Waals surface area (Å²) in [5, 5.41) is 0. The van der Waals surface area contributed by atoms with Crippen molar-refractivity contribution in [2.24, 2.45) is 16.6 Å². The monoisotopic (exact) mass is 250 g/mol. The molecule has 18 heavy (non-hydrogen) atoms. The normalized spacial score (nSPS) is 32.2. The Balaban J connectivity index is 2.93. The minimum Gasteiger partial charge on any atom is -0.352 e. The molecule has 2 heteroatoms. The quantitative estimate of drug-likeness (QED) is 0.820. The third kappa shape index (κ3) is 3.88. The van der Waals surface area contributed by atoms with E-state index >= 15 is 0 Å². The van der Waals surface area contributed by atoms with Crippen LogP contribution in [0.25, 0.3) is 0 Å². The molecule has 2 N–H and O–H groups in total. The summed E-state index contributed by atoms with van der Waals surface area (Å²) in [6.07, 6.45) is 12.2. The van der Waals surface area contributed by atoms with Crippen LogP contribution >= 0.6 is 0 Å². The van der Waals surface area contributed by atoms with Crippen LogP contribution in [-0.4, -0.2) is 17.5 Å². The van der Waals surface area contributed by atoms with Crippen LogP contribution in [0.5, 0.6) is 0 Å². The SMILES string of the molecule is CC=CN(C=CC)C1CC(C)(C)CC(C)(CN)C1. The molecule has 2 nitrogen and oxygen atoms in total. The Labute approximate surface area is 113 Å². The molecule has 0 aliphatic heterocycles. The second-order valence-electron chi connectivity index (χ2n) is 6.83. The van der Waals surface area contributed by atoms with Gasteiger partial charge in [0.2, 0.25) is 0 Å². The van der Waals surface area contributed by atoms with E-state index in [9.17, 15) is 0 Å². The van der Waals surface area contributed by atoms with Gasteiger partial charge in [-0.15, -0.1) is 0 Å². The Morgan fingerprint density at radius 2 is 1.67 bits per heavy atom. The smallest absolute Gasteiger partial charge is 0.0341 e. The topological polar surface area (TPSA) is 29.3 Å². The van der Waals surface area contributed by atoms with Gasteiger partial charge in [0.15, 0.2) is 0 Å². The molecule has 1 aliphatic rings. The second-order valence-corrected chi connectivity index (χ2v) is 6.83. The maximum Gasteiger partial charge on any atom is 0.0341 e. The van der Waals surface area contributed by atoms with E-state index in [1.165, 1.54) is 19.3 Å². The van der Waals surface area contributed by atoms with Gasteiger partial charge in [0.25, 0.3) is 0 Å². The molecule has 104 valence electrons. The molecule has 0 aromatic carbocycles. The molecule has 1 saturated carbocycles. The van der Waals surface area contributed by atoms with Crippen LogP contribution in [-0.2, 0) is 0 Å². The first-order valence-electron chi connectivity index (χ1n) is 7.09. The first-order valence-corrected chi connectivity index (χ1v) is 7.09. The molecule has 0 radical (unpaired) electrons. The number of hydrogen-bond acceptors (Lipinski definition) is 2. The summed E-state index contributed by atoms with van der Waals surface area (Å²) < 4.78 is 0. The highest BCUT2D eigenvalue weighted by molar-refractivity contribution is 5.01. The predicted molar refractivity (Wildman–Crippen MR) is 80.0 cm³/mol. The van der Waals surface area contributed by atoms with E-state index in [4.69, 9.17) is 5.73 Å². The number of hydrogen-bond donors (Lipinski definition) is 1. The van der Waals surface area contributed by atoms with Gasteiger partial charge in [0, 0.05) is 6.04 Å². The van der Waals surface area contributed by atoms with E-state index < -0.39 is 0 Å². The highest BCUT2D eigenvalue weighted by Gasteiger charge is 2.41. The lowest BCUT2D eigenvalue weighted by atomic mass is 9.62. The number of nitrogens with zero attached hydrogens (tertiary/aromatic N) is 1. The van der Waals surface area contributed by atoms with Crippen molar-refractivity contribution in [1.29, 1.82) is 0 Å². The van der Waals surface area contributed by atoms with E-state index in [1.54, 1.807) is 0 Å². The van der Waals surface area contributed by atoms with Crippen molar-refractivity contribution in [1.82, 2.24) is 4.90 Å². The lowest BCUT2D eigenvalue weighted by molar-refractivity contribution is 0.0518. The molecule has 1 aliphatic carbocycles. The van der Waals surface area contributed by atoms with E-state index in [1.807, 2.05) is 0 Å². The fourth-order valence-electron chi connectivity index (χ4n) is 3.58. The zero-order valence-corrected chi connectivity index (χ0v) is 12.7. The predicted octanol–water partition coefficient (Wildman–Crippen LogP) is 3.90. The van der Waals surface area contributed by atoms with E-state index in [0.29, 0.717) is 11.5 Å². The number of nitrogens with two attached hydrogens (primary N) is 1. The summed E-state index contributed by atoms with van der Waals surface area (Å²) in [5.74, 6) is 0. The maximum absolute atomic E-state index is 6.01. The van der Waals surface area contributed by atoms with Gasteiger partial charge in [-0.2, -0.15) is 0 Å². The van der Waals surface area contributed by atoms with Crippen molar-refractivity contribution in [2.45, 2.75) is 59.9 Å². The van der Waals surface area contributed by atoms with Gasteiger partial charge in [0.05, 0.1) is 0 Å². The summed E-state index contributed by atoms with van der Waals surface area (Å²) in [5.41, 5.74) is 6.66. The molecule has 2 atom stereocenters.